The minimum absolute atomic E-state index is 0.101. The number of ether oxygens (including phenoxy) is 1. The van der Waals surface area contributed by atoms with Crippen molar-refractivity contribution in [2.45, 2.75) is 25.6 Å². The molecule has 2 aromatic rings. The molecule has 0 spiro atoms. The molecule has 6 heteroatoms. The van der Waals surface area contributed by atoms with Crippen LogP contribution in [-0.2, 0) is 12.8 Å². The molecule has 0 radical (unpaired) electrons. The normalized spacial score (nSPS) is 18.9. The molecule has 0 bridgehead atoms. The molecular formula is C19H15F3N2O. The van der Waals surface area contributed by atoms with Gasteiger partial charge in [0.05, 0.1) is 0 Å². The van der Waals surface area contributed by atoms with Crippen LogP contribution in [0.2, 0.25) is 0 Å². The molecule has 0 amide bonds. The van der Waals surface area contributed by atoms with Crippen LogP contribution >= 0.6 is 0 Å². The SMILES string of the molecule is FC(F)(F)Oc1cccc2c1CC1=C2CC(Cc2ncccn2)C=C1. The van der Waals surface area contributed by atoms with Gasteiger partial charge in [-0.05, 0) is 41.2 Å². The Kier molecular flexibility index (Phi) is 3.82. The summed E-state index contributed by atoms with van der Waals surface area (Å²) in [6.45, 7) is 0. The van der Waals surface area contributed by atoms with Crippen molar-refractivity contribution in [3.63, 3.8) is 0 Å². The fraction of sp³-hybridized carbons (Fsp3) is 0.263. The molecule has 0 N–H and O–H groups in total. The summed E-state index contributed by atoms with van der Waals surface area (Å²) in [5, 5.41) is 0. The zero-order valence-corrected chi connectivity index (χ0v) is 13.3. The van der Waals surface area contributed by atoms with E-state index >= 15 is 0 Å². The maximum absolute atomic E-state index is 12.6. The Morgan fingerprint density at radius 2 is 1.92 bits per heavy atom. The van der Waals surface area contributed by atoms with Crippen molar-refractivity contribution < 1.29 is 17.9 Å². The van der Waals surface area contributed by atoms with Gasteiger partial charge >= 0.3 is 6.36 Å². The first-order valence-electron chi connectivity index (χ1n) is 8.04. The smallest absolute Gasteiger partial charge is 0.405 e. The number of nitrogens with zero attached hydrogens (tertiary/aromatic N) is 2. The van der Waals surface area contributed by atoms with Crippen molar-refractivity contribution in [2.75, 3.05) is 0 Å². The molecule has 0 saturated carbocycles. The van der Waals surface area contributed by atoms with E-state index in [1.165, 1.54) is 6.07 Å². The van der Waals surface area contributed by atoms with Gasteiger partial charge in [0.2, 0.25) is 0 Å². The predicted molar refractivity (Wildman–Crippen MR) is 86.7 cm³/mol. The molecule has 3 nitrogen and oxygen atoms in total. The second-order valence-electron chi connectivity index (χ2n) is 6.20. The molecule has 1 aromatic carbocycles. The van der Waals surface area contributed by atoms with Crippen LogP contribution in [0.15, 0.2) is 54.4 Å². The van der Waals surface area contributed by atoms with Gasteiger partial charge in [-0.2, -0.15) is 0 Å². The molecule has 0 aliphatic heterocycles. The Labute approximate surface area is 142 Å². The molecule has 1 unspecified atom stereocenters. The summed E-state index contributed by atoms with van der Waals surface area (Å²) in [6.07, 6.45) is 4.82. The molecule has 1 atom stereocenters. The quantitative estimate of drug-likeness (QED) is 0.822. The molecule has 25 heavy (non-hydrogen) atoms. The Morgan fingerprint density at radius 1 is 1.12 bits per heavy atom. The first-order valence-corrected chi connectivity index (χ1v) is 8.04. The monoisotopic (exact) mass is 344 g/mol. The summed E-state index contributed by atoms with van der Waals surface area (Å²) < 4.78 is 42.1. The third-order valence-electron chi connectivity index (χ3n) is 4.54. The number of aromatic nitrogens is 2. The molecule has 1 heterocycles. The second kappa shape index (κ2) is 6.02. The van der Waals surface area contributed by atoms with Crippen LogP contribution < -0.4 is 4.74 Å². The second-order valence-corrected chi connectivity index (χ2v) is 6.20. The van der Waals surface area contributed by atoms with Crippen LogP contribution in [-0.4, -0.2) is 16.3 Å². The van der Waals surface area contributed by atoms with Crippen molar-refractivity contribution in [1.82, 2.24) is 9.97 Å². The summed E-state index contributed by atoms with van der Waals surface area (Å²) in [5.41, 5.74) is 3.65. The summed E-state index contributed by atoms with van der Waals surface area (Å²) in [4.78, 5) is 8.50. The van der Waals surface area contributed by atoms with Gasteiger partial charge in [0, 0.05) is 30.8 Å². The van der Waals surface area contributed by atoms with E-state index < -0.39 is 6.36 Å². The predicted octanol–water partition coefficient (Wildman–Crippen LogP) is 4.50. The largest absolute Gasteiger partial charge is 0.573 e. The van der Waals surface area contributed by atoms with Gasteiger partial charge in [0.1, 0.15) is 11.6 Å². The lowest BCUT2D eigenvalue weighted by Gasteiger charge is -2.19. The fourth-order valence-corrected chi connectivity index (χ4v) is 3.51. The van der Waals surface area contributed by atoms with Crippen molar-refractivity contribution >= 4 is 5.57 Å². The molecule has 0 fully saturated rings. The average Bonchev–Trinajstić information content (AvgIpc) is 2.94. The Balaban J connectivity index is 1.57. The number of fused-ring (bicyclic) bond motifs is 2. The van der Waals surface area contributed by atoms with E-state index in [9.17, 15) is 13.2 Å². The van der Waals surface area contributed by atoms with E-state index in [4.69, 9.17) is 0 Å². The van der Waals surface area contributed by atoms with Crippen LogP contribution in [0.1, 0.15) is 23.4 Å². The summed E-state index contributed by atoms with van der Waals surface area (Å²) in [5.74, 6) is 0.906. The van der Waals surface area contributed by atoms with E-state index in [-0.39, 0.29) is 11.7 Å². The zero-order chi connectivity index (χ0) is 17.4. The fourth-order valence-electron chi connectivity index (χ4n) is 3.51. The van der Waals surface area contributed by atoms with Gasteiger partial charge in [0.15, 0.2) is 0 Å². The minimum atomic E-state index is -4.68. The Bertz CT molecular complexity index is 857. The van der Waals surface area contributed by atoms with Crippen molar-refractivity contribution in [3.8, 4) is 5.75 Å². The minimum Gasteiger partial charge on any atom is -0.405 e. The molecule has 0 saturated heterocycles. The highest BCUT2D eigenvalue weighted by atomic mass is 19.4. The van der Waals surface area contributed by atoms with Crippen LogP contribution in [0.4, 0.5) is 13.2 Å². The number of hydrogen-bond acceptors (Lipinski definition) is 3. The summed E-state index contributed by atoms with van der Waals surface area (Å²) in [6, 6.07) is 6.64. The number of hydrogen-bond donors (Lipinski definition) is 0. The number of alkyl halides is 3. The molecule has 1 aromatic heterocycles. The molecule has 2 aliphatic carbocycles. The zero-order valence-electron chi connectivity index (χ0n) is 13.3. The number of halogens is 3. The number of benzene rings is 1. The first-order chi connectivity index (χ1) is 12.0. The lowest BCUT2D eigenvalue weighted by molar-refractivity contribution is -0.274. The van der Waals surface area contributed by atoms with Gasteiger partial charge in [-0.3, -0.25) is 0 Å². The first kappa shape index (κ1) is 15.9. The van der Waals surface area contributed by atoms with Gasteiger partial charge in [-0.1, -0.05) is 24.3 Å². The summed E-state index contributed by atoms with van der Waals surface area (Å²) >= 11 is 0. The number of rotatable bonds is 3. The lowest BCUT2D eigenvalue weighted by atomic mass is 9.87. The van der Waals surface area contributed by atoms with Crippen LogP contribution in [0, 0.1) is 5.92 Å². The summed E-state index contributed by atoms with van der Waals surface area (Å²) in [7, 11) is 0. The van der Waals surface area contributed by atoms with E-state index in [1.54, 1.807) is 24.5 Å². The third kappa shape index (κ3) is 3.29. The highest BCUT2D eigenvalue weighted by Gasteiger charge is 2.34. The van der Waals surface area contributed by atoms with Gasteiger partial charge in [0.25, 0.3) is 0 Å². The van der Waals surface area contributed by atoms with Gasteiger partial charge < -0.3 is 4.74 Å². The highest BCUT2D eigenvalue weighted by Crippen LogP contribution is 2.45. The van der Waals surface area contributed by atoms with Crippen molar-refractivity contribution in [1.29, 1.82) is 0 Å². The standard InChI is InChI=1S/C19H15F3N2O/c20-19(21,22)25-17-4-1-3-14-15-9-12(5-6-13(15)11-16(14)17)10-18-23-7-2-8-24-18/h1-8,12H,9-11H2. The Morgan fingerprint density at radius 3 is 2.68 bits per heavy atom. The molecule has 2 aliphatic rings. The van der Waals surface area contributed by atoms with E-state index in [0.29, 0.717) is 18.4 Å². The Hall–Kier alpha value is -2.63. The van der Waals surface area contributed by atoms with Crippen LogP contribution in [0.25, 0.3) is 5.57 Å². The highest BCUT2D eigenvalue weighted by molar-refractivity contribution is 5.81. The molecular weight excluding hydrogens is 329 g/mol. The lowest BCUT2D eigenvalue weighted by Crippen LogP contribution is -2.18. The average molecular weight is 344 g/mol. The van der Waals surface area contributed by atoms with Crippen molar-refractivity contribution in [2.24, 2.45) is 5.92 Å². The van der Waals surface area contributed by atoms with Gasteiger partial charge in [-0.15, -0.1) is 13.2 Å². The van der Waals surface area contributed by atoms with Crippen LogP contribution in [0.5, 0.6) is 5.75 Å². The van der Waals surface area contributed by atoms with Crippen LogP contribution in [0.3, 0.4) is 0 Å². The van der Waals surface area contributed by atoms with Gasteiger partial charge in [-0.25, -0.2) is 9.97 Å². The molecule has 4 rings (SSSR count). The van der Waals surface area contributed by atoms with Crippen molar-refractivity contribution in [3.05, 3.63) is 71.3 Å². The maximum Gasteiger partial charge on any atom is 0.573 e. The van der Waals surface area contributed by atoms with E-state index in [2.05, 4.69) is 20.8 Å². The molecule has 128 valence electrons. The van der Waals surface area contributed by atoms with E-state index in [1.807, 2.05) is 12.1 Å². The third-order valence-corrected chi connectivity index (χ3v) is 4.54. The topological polar surface area (TPSA) is 35.0 Å². The number of allylic oxidation sites excluding steroid dienone is 4. The maximum atomic E-state index is 12.6. The van der Waals surface area contributed by atoms with E-state index in [0.717, 1.165) is 29.0 Å².